The summed E-state index contributed by atoms with van der Waals surface area (Å²) in [5.74, 6) is 2.99. The molecule has 1 unspecified atom stereocenters. The molecule has 180 valence electrons. The van der Waals surface area contributed by atoms with Crippen LogP contribution < -0.4 is 10.2 Å². The predicted molar refractivity (Wildman–Crippen MR) is 139 cm³/mol. The number of benzene rings is 1. The van der Waals surface area contributed by atoms with Crippen LogP contribution in [0.15, 0.2) is 67.0 Å². The Hall–Kier alpha value is -4.24. The summed E-state index contributed by atoms with van der Waals surface area (Å²) >= 11 is 6.06. The number of carbonyl (C=O) groups excluding carboxylic acids is 1. The largest absolute Gasteiger partial charge is 0.325 e. The van der Waals surface area contributed by atoms with Crippen molar-refractivity contribution in [3.05, 3.63) is 83.4 Å². The molecule has 1 atom stereocenters. The maximum atomic E-state index is 13.2. The summed E-state index contributed by atoms with van der Waals surface area (Å²) in [4.78, 5) is 19.3. The Bertz CT molecular complexity index is 1590. The van der Waals surface area contributed by atoms with E-state index in [4.69, 9.17) is 11.6 Å². The van der Waals surface area contributed by atoms with E-state index in [1.807, 2.05) is 66.0 Å². The van der Waals surface area contributed by atoms with Crippen LogP contribution in [0.2, 0.25) is 5.02 Å². The number of nitrogens with one attached hydrogen (secondary N) is 1. The Morgan fingerprint density at radius 3 is 2.61 bits per heavy atom. The molecule has 1 aliphatic rings. The van der Waals surface area contributed by atoms with Gasteiger partial charge in [-0.25, -0.2) is 4.98 Å². The molecule has 4 aromatic heterocycles. The maximum Gasteiger partial charge on any atom is 0.228 e. The Labute approximate surface area is 212 Å². The summed E-state index contributed by atoms with van der Waals surface area (Å²) in [6, 6.07) is 17.5. The first-order valence-electron chi connectivity index (χ1n) is 11.6. The summed E-state index contributed by atoms with van der Waals surface area (Å²) in [7, 11) is 3.67. The normalized spacial score (nSPS) is 15.4. The summed E-state index contributed by atoms with van der Waals surface area (Å²) in [6.07, 6.45) is 4.50. The minimum Gasteiger partial charge on any atom is -0.325 e. The van der Waals surface area contributed by atoms with E-state index < -0.39 is 0 Å². The minimum atomic E-state index is -0.0983. The van der Waals surface area contributed by atoms with Gasteiger partial charge in [0.25, 0.3) is 0 Å². The van der Waals surface area contributed by atoms with E-state index >= 15 is 0 Å². The van der Waals surface area contributed by atoms with Gasteiger partial charge in [0.05, 0.1) is 6.20 Å². The third kappa shape index (κ3) is 3.97. The van der Waals surface area contributed by atoms with Gasteiger partial charge in [0.2, 0.25) is 5.91 Å². The number of anilines is 3. The van der Waals surface area contributed by atoms with E-state index in [-0.39, 0.29) is 11.8 Å². The van der Waals surface area contributed by atoms with Crippen LogP contribution in [0.25, 0.3) is 16.8 Å². The molecule has 0 fully saturated rings. The molecule has 0 saturated heterocycles. The van der Waals surface area contributed by atoms with Crippen LogP contribution in [-0.4, -0.2) is 42.3 Å². The highest BCUT2D eigenvalue weighted by Gasteiger charge is 2.30. The molecule has 1 aliphatic heterocycles. The van der Waals surface area contributed by atoms with Gasteiger partial charge in [0.1, 0.15) is 23.3 Å². The van der Waals surface area contributed by atoms with Crippen molar-refractivity contribution in [1.82, 2.24) is 29.4 Å². The number of hydrogen-bond acceptors (Lipinski definition) is 6. The van der Waals surface area contributed by atoms with Crippen molar-refractivity contribution in [1.29, 1.82) is 0 Å². The van der Waals surface area contributed by atoms with Crippen LogP contribution in [0.5, 0.6) is 0 Å². The van der Waals surface area contributed by atoms with E-state index in [0.717, 1.165) is 34.2 Å². The fourth-order valence-corrected chi connectivity index (χ4v) is 4.77. The molecule has 5 aromatic rings. The van der Waals surface area contributed by atoms with Gasteiger partial charge < -0.3 is 10.2 Å². The monoisotopic (exact) mass is 498 g/mol. The molecule has 0 radical (unpaired) electrons. The number of pyridine rings is 2. The zero-order valence-electron chi connectivity index (χ0n) is 19.8. The number of nitrogens with zero attached hydrogens (tertiary/aromatic N) is 7. The minimum absolute atomic E-state index is 0.0335. The predicted octanol–water partition coefficient (Wildman–Crippen LogP) is 4.61. The molecule has 6 rings (SSSR count). The highest BCUT2D eigenvalue weighted by atomic mass is 35.5. The lowest BCUT2D eigenvalue weighted by Crippen LogP contribution is -2.27. The van der Waals surface area contributed by atoms with Gasteiger partial charge in [0, 0.05) is 43.7 Å². The van der Waals surface area contributed by atoms with E-state index in [1.54, 1.807) is 29.0 Å². The van der Waals surface area contributed by atoms with E-state index in [2.05, 4.69) is 25.6 Å². The van der Waals surface area contributed by atoms with Crippen molar-refractivity contribution in [2.75, 3.05) is 17.3 Å². The number of rotatable bonds is 5. The quantitative estimate of drug-likeness (QED) is 0.380. The number of aromatic nitrogens is 6. The molecule has 5 heterocycles. The molecule has 36 heavy (non-hydrogen) atoms. The lowest BCUT2D eigenvalue weighted by molar-refractivity contribution is -0.118. The highest BCUT2D eigenvalue weighted by Crippen LogP contribution is 2.35. The number of hydrogen-bond donors (Lipinski definition) is 1. The van der Waals surface area contributed by atoms with Crippen molar-refractivity contribution in [3.8, 4) is 11.1 Å². The average molecular weight is 499 g/mol. The van der Waals surface area contributed by atoms with Gasteiger partial charge in [-0.2, -0.15) is 5.10 Å². The second-order valence-electron chi connectivity index (χ2n) is 8.93. The summed E-state index contributed by atoms with van der Waals surface area (Å²) in [5, 5.41) is 17.2. The topological polar surface area (TPSA) is 93.2 Å². The Balaban J connectivity index is 1.40. The van der Waals surface area contributed by atoms with Gasteiger partial charge in [-0.15, -0.1) is 10.2 Å². The molecule has 1 N–H and O–H groups in total. The standard InChI is InChI=1S/C26H23ClN8O/c1-33-24-14-18(17-7-9-28-21(12-17)30-22-8-10-29-34(22)2)13-23-31-32-26(35(23)24)19(15-25(33)36)11-16-3-5-20(27)6-4-16/h3-10,12-14,19H,11,15H2,1-2H3,(H,28,30). The van der Waals surface area contributed by atoms with Crippen molar-refractivity contribution in [3.63, 3.8) is 0 Å². The first-order valence-corrected chi connectivity index (χ1v) is 12.0. The van der Waals surface area contributed by atoms with Gasteiger partial charge in [-0.3, -0.25) is 13.9 Å². The summed E-state index contributed by atoms with van der Waals surface area (Å²) in [6.45, 7) is 0. The van der Waals surface area contributed by atoms with Crippen molar-refractivity contribution in [2.24, 2.45) is 7.05 Å². The Morgan fingerprint density at radius 2 is 1.83 bits per heavy atom. The SMILES string of the molecule is CN1C(=O)CC(Cc2ccc(Cl)cc2)c2nnc3cc(-c4ccnc(Nc5ccnn5C)c4)cc1n23. The number of halogens is 1. The molecule has 1 aromatic carbocycles. The maximum absolute atomic E-state index is 13.2. The molecule has 0 saturated carbocycles. The van der Waals surface area contributed by atoms with E-state index in [9.17, 15) is 4.79 Å². The van der Waals surface area contributed by atoms with Crippen LogP contribution in [0.3, 0.4) is 0 Å². The summed E-state index contributed by atoms with van der Waals surface area (Å²) < 4.78 is 3.73. The molecule has 10 heteroatoms. The molecule has 0 bridgehead atoms. The third-order valence-electron chi connectivity index (χ3n) is 6.58. The smallest absolute Gasteiger partial charge is 0.228 e. The van der Waals surface area contributed by atoms with Gasteiger partial charge in [0.15, 0.2) is 5.65 Å². The first-order chi connectivity index (χ1) is 17.5. The lowest BCUT2D eigenvalue weighted by Gasteiger charge is -2.18. The average Bonchev–Trinajstić information content (AvgIpc) is 3.47. The second kappa shape index (κ2) is 8.76. The van der Waals surface area contributed by atoms with Crippen molar-refractivity contribution < 1.29 is 4.79 Å². The Morgan fingerprint density at radius 1 is 1.00 bits per heavy atom. The molecule has 0 spiro atoms. The van der Waals surface area contributed by atoms with E-state index in [0.29, 0.717) is 29.3 Å². The zero-order valence-corrected chi connectivity index (χ0v) is 20.5. The molecule has 0 aliphatic carbocycles. The molecular weight excluding hydrogens is 476 g/mol. The number of aryl methyl sites for hydroxylation is 1. The Kier molecular flexibility index (Phi) is 5.41. The van der Waals surface area contributed by atoms with Crippen LogP contribution in [0.4, 0.5) is 17.5 Å². The lowest BCUT2D eigenvalue weighted by atomic mass is 9.95. The molecular formula is C26H23ClN8O. The first kappa shape index (κ1) is 22.2. The van der Waals surface area contributed by atoms with Crippen LogP contribution in [0.1, 0.15) is 23.7 Å². The third-order valence-corrected chi connectivity index (χ3v) is 6.83. The van der Waals surface area contributed by atoms with Crippen LogP contribution in [0, 0.1) is 0 Å². The van der Waals surface area contributed by atoms with Crippen molar-refractivity contribution in [2.45, 2.75) is 18.8 Å². The van der Waals surface area contributed by atoms with Gasteiger partial charge >= 0.3 is 0 Å². The number of amides is 1. The van der Waals surface area contributed by atoms with Gasteiger partial charge in [-0.05, 0) is 59.5 Å². The van der Waals surface area contributed by atoms with E-state index in [1.165, 1.54) is 0 Å². The van der Waals surface area contributed by atoms with Gasteiger partial charge in [-0.1, -0.05) is 23.7 Å². The van der Waals surface area contributed by atoms with Crippen molar-refractivity contribution >= 4 is 40.6 Å². The highest BCUT2D eigenvalue weighted by molar-refractivity contribution is 6.30. The second-order valence-corrected chi connectivity index (χ2v) is 9.37. The van der Waals surface area contributed by atoms with Crippen LogP contribution in [-0.2, 0) is 18.3 Å². The number of carbonyl (C=O) groups is 1. The van der Waals surface area contributed by atoms with Crippen LogP contribution >= 0.6 is 11.6 Å². The zero-order chi connectivity index (χ0) is 24.8. The fourth-order valence-electron chi connectivity index (χ4n) is 4.64. The molecule has 9 nitrogen and oxygen atoms in total. The fraction of sp³-hybridized carbons (Fsp3) is 0.192. The molecule has 1 amide bonds. The summed E-state index contributed by atoms with van der Waals surface area (Å²) in [5.41, 5.74) is 3.66.